The number of rotatable bonds is 7. The Hall–Kier alpha value is -1.78. The number of nitrogens with one attached hydrogen (secondary N) is 1. The smallest absolute Gasteiger partial charge is 0.309 e. The molecular formula is C15H21NO4. The van der Waals surface area contributed by atoms with Crippen LogP contribution in [0.3, 0.4) is 0 Å². The molecule has 5 nitrogen and oxygen atoms in total. The van der Waals surface area contributed by atoms with Crippen LogP contribution in [0, 0.1) is 11.8 Å². The van der Waals surface area contributed by atoms with Crippen molar-refractivity contribution in [1.29, 1.82) is 0 Å². The second-order valence-electron chi connectivity index (χ2n) is 5.60. The highest BCUT2D eigenvalue weighted by molar-refractivity contribution is 5.74. The number of hydrogen-bond donors (Lipinski definition) is 1. The molecule has 110 valence electrons. The van der Waals surface area contributed by atoms with E-state index in [4.69, 9.17) is 9.47 Å². The predicted octanol–water partition coefficient (Wildman–Crippen LogP) is 2.25. The lowest BCUT2D eigenvalue weighted by Crippen LogP contribution is -2.13. The highest BCUT2D eigenvalue weighted by Crippen LogP contribution is 2.30. The number of carbonyl (C=O) groups excluding carboxylic acids is 1. The van der Waals surface area contributed by atoms with Gasteiger partial charge in [0.1, 0.15) is 6.61 Å². The molecule has 1 aliphatic rings. The van der Waals surface area contributed by atoms with E-state index in [2.05, 4.69) is 18.8 Å². The van der Waals surface area contributed by atoms with Crippen molar-refractivity contribution in [3.63, 3.8) is 0 Å². The van der Waals surface area contributed by atoms with E-state index in [1.165, 1.54) is 12.3 Å². The molecule has 1 heterocycles. The van der Waals surface area contributed by atoms with Crippen LogP contribution in [-0.4, -0.2) is 17.6 Å². The van der Waals surface area contributed by atoms with Gasteiger partial charge in [-0.1, -0.05) is 13.8 Å². The van der Waals surface area contributed by atoms with Crippen molar-refractivity contribution < 1.29 is 14.3 Å². The lowest BCUT2D eigenvalue weighted by atomic mass is 10.1. The van der Waals surface area contributed by atoms with Crippen LogP contribution in [0.25, 0.3) is 0 Å². The van der Waals surface area contributed by atoms with E-state index in [0.29, 0.717) is 24.0 Å². The fourth-order valence-corrected chi connectivity index (χ4v) is 1.69. The van der Waals surface area contributed by atoms with Crippen LogP contribution in [0.1, 0.15) is 38.8 Å². The standard InChI is InChI=1S/C15H21NO4/c1-10(2)5-6-19-14-8-16-12(7-13(14)17)9-20-15(18)11-3-4-11/h7-8,10-11H,3-6,9H2,1-2H3,(H,16,17). The fraction of sp³-hybridized carbons (Fsp3) is 0.600. The third-order valence-electron chi connectivity index (χ3n) is 3.17. The molecule has 5 heteroatoms. The molecule has 0 spiro atoms. The predicted molar refractivity (Wildman–Crippen MR) is 74.5 cm³/mol. The minimum Gasteiger partial charge on any atom is -0.488 e. The Morgan fingerprint density at radius 3 is 2.80 bits per heavy atom. The second-order valence-corrected chi connectivity index (χ2v) is 5.60. The normalized spacial score (nSPS) is 14.3. The van der Waals surface area contributed by atoms with Gasteiger partial charge >= 0.3 is 5.97 Å². The van der Waals surface area contributed by atoms with Gasteiger partial charge in [0, 0.05) is 12.3 Å². The maximum atomic E-state index is 11.8. The minimum atomic E-state index is -0.190. The maximum Gasteiger partial charge on any atom is 0.309 e. The van der Waals surface area contributed by atoms with E-state index >= 15 is 0 Å². The van der Waals surface area contributed by atoms with Gasteiger partial charge in [-0.15, -0.1) is 0 Å². The molecule has 20 heavy (non-hydrogen) atoms. The van der Waals surface area contributed by atoms with E-state index < -0.39 is 0 Å². The van der Waals surface area contributed by atoms with Crippen molar-refractivity contribution in [2.45, 2.75) is 39.7 Å². The SMILES string of the molecule is CC(C)CCOc1c[nH]c(COC(=O)C2CC2)cc1=O. The quantitative estimate of drug-likeness (QED) is 0.777. The van der Waals surface area contributed by atoms with Gasteiger partial charge in [-0.2, -0.15) is 0 Å². The van der Waals surface area contributed by atoms with Crippen molar-refractivity contribution in [2.75, 3.05) is 6.61 Å². The van der Waals surface area contributed by atoms with Gasteiger partial charge in [0.2, 0.25) is 5.43 Å². The average molecular weight is 279 g/mol. The first-order valence-corrected chi connectivity index (χ1v) is 7.07. The molecule has 0 atom stereocenters. The summed E-state index contributed by atoms with van der Waals surface area (Å²) >= 11 is 0. The Labute approximate surface area is 118 Å². The van der Waals surface area contributed by atoms with Gasteiger partial charge in [0.25, 0.3) is 0 Å². The molecule has 0 radical (unpaired) electrons. The first-order valence-electron chi connectivity index (χ1n) is 7.07. The van der Waals surface area contributed by atoms with Gasteiger partial charge in [-0.25, -0.2) is 0 Å². The Morgan fingerprint density at radius 1 is 1.45 bits per heavy atom. The maximum absolute atomic E-state index is 11.8. The lowest BCUT2D eigenvalue weighted by Gasteiger charge is -2.08. The lowest BCUT2D eigenvalue weighted by molar-refractivity contribution is -0.146. The Kier molecular flexibility index (Phi) is 4.82. The summed E-state index contributed by atoms with van der Waals surface area (Å²) in [5.74, 6) is 0.738. The monoisotopic (exact) mass is 279 g/mol. The van der Waals surface area contributed by atoms with E-state index in [9.17, 15) is 9.59 Å². The molecule has 0 amide bonds. The summed E-state index contributed by atoms with van der Waals surface area (Å²) in [4.78, 5) is 26.1. The number of H-pyrrole nitrogens is 1. The molecule has 1 aromatic rings. The zero-order chi connectivity index (χ0) is 14.5. The Bertz CT molecular complexity index is 517. The molecule has 1 fully saturated rings. The van der Waals surface area contributed by atoms with Crippen molar-refractivity contribution in [1.82, 2.24) is 4.98 Å². The van der Waals surface area contributed by atoms with Crippen LogP contribution in [0.15, 0.2) is 17.1 Å². The number of aromatic amines is 1. The first-order chi connectivity index (χ1) is 9.56. The average Bonchev–Trinajstić information content (AvgIpc) is 3.22. The molecule has 1 N–H and O–H groups in total. The summed E-state index contributed by atoms with van der Waals surface area (Å²) in [6.07, 6.45) is 4.26. The van der Waals surface area contributed by atoms with Gasteiger partial charge in [0.05, 0.1) is 18.2 Å². The topological polar surface area (TPSA) is 68.4 Å². The van der Waals surface area contributed by atoms with Crippen LogP contribution >= 0.6 is 0 Å². The highest BCUT2D eigenvalue weighted by atomic mass is 16.5. The summed E-state index contributed by atoms with van der Waals surface area (Å²) < 4.78 is 10.5. The van der Waals surface area contributed by atoms with Crippen LogP contribution < -0.4 is 10.2 Å². The third-order valence-corrected chi connectivity index (χ3v) is 3.17. The zero-order valence-corrected chi connectivity index (χ0v) is 12.0. The number of carbonyl (C=O) groups is 1. The molecule has 0 aliphatic heterocycles. The number of aromatic nitrogens is 1. The van der Waals surface area contributed by atoms with Gasteiger partial charge in [-0.05, 0) is 25.2 Å². The molecule has 1 aliphatic carbocycles. The van der Waals surface area contributed by atoms with E-state index in [-0.39, 0.29) is 23.9 Å². The molecular weight excluding hydrogens is 258 g/mol. The Balaban J connectivity index is 1.84. The summed E-state index contributed by atoms with van der Waals surface area (Å²) in [7, 11) is 0. The van der Waals surface area contributed by atoms with Crippen molar-refractivity contribution in [3.05, 3.63) is 28.2 Å². The van der Waals surface area contributed by atoms with Crippen molar-refractivity contribution >= 4 is 5.97 Å². The number of ether oxygens (including phenoxy) is 2. The van der Waals surface area contributed by atoms with E-state index in [1.807, 2.05) is 0 Å². The summed E-state index contributed by atoms with van der Waals surface area (Å²) in [6, 6.07) is 1.42. The first kappa shape index (κ1) is 14.6. The van der Waals surface area contributed by atoms with Gasteiger partial charge in [-0.3, -0.25) is 9.59 Å². The number of hydrogen-bond acceptors (Lipinski definition) is 4. The zero-order valence-electron chi connectivity index (χ0n) is 12.0. The molecule has 0 bridgehead atoms. The van der Waals surface area contributed by atoms with Crippen LogP contribution in [0.4, 0.5) is 0 Å². The van der Waals surface area contributed by atoms with Crippen LogP contribution in [-0.2, 0) is 16.1 Å². The van der Waals surface area contributed by atoms with E-state index in [1.54, 1.807) is 0 Å². The van der Waals surface area contributed by atoms with Crippen LogP contribution in [0.2, 0.25) is 0 Å². The molecule has 0 aromatic carbocycles. The fourth-order valence-electron chi connectivity index (χ4n) is 1.69. The summed E-state index contributed by atoms with van der Waals surface area (Å²) in [5, 5.41) is 0. The second kappa shape index (κ2) is 6.59. The minimum absolute atomic E-state index is 0.0698. The summed E-state index contributed by atoms with van der Waals surface area (Å²) in [6.45, 7) is 4.84. The third kappa shape index (κ3) is 4.40. The number of esters is 1. The molecule has 1 saturated carbocycles. The number of pyridine rings is 1. The molecule has 0 unspecified atom stereocenters. The van der Waals surface area contributed by atoms with Crippen molar-refractivity contribution in [3.8, 4) is 5.75 Å². The van der Waals surface area contributed by atoms with Crippen molar-refractivity contribution in [2.24, 2.45) is 11.8 Å². The van der Waals surface area contributed by atoms with E-state index in [0.717, 1.165) is 19.3 Å². The summed E-state index contributed by atoms with van der Waals surface area (Å²) in [5.41, 5.74) is 0.394. The molecule has 0 saturated heterocycles. The van der Waals surface area contributed by atoms with Gasteiger partial charge in [0.15, 0.2) is 5.75 Å². The highest BCUT2D eigenvalue weighted by Gasteiger charge is 2.31. The molecule has 2 rings (SSSR count). The Morgan fingerprint density at radius 2 is 2.20 bits per heavy atom. The molecule has 1 aromatic heterocycles. The van der Waals surface area contributed by atoms with Gasteiger partial charge < -0.3 is 14.5 Å². The van der Waals surface area contributed by atoms with Crippen LogP contribution in [0.5, 0.6) is 5.75 Å². The largest absolute Gasteiger partial charge is 0.488 e.